The Morgan fingerprint density at radius 3 is 1.76 bits per heavy atom. The van der Waals surface area contributed by atoms with Crippen LogP contribution in [0.4, 0.5) is 0 Å². The minimum absolute atomic E-state index is 0.303. The first-order valence-corrected chi connectivity index (χ1v) is 13.2. The molecule has 1 saturated heterocycles. The largest absolute Gasteiger partial charge is 0.462 e. The van der Waals surface area contributed by atoms with Gasteiger partial charge in [0.2, 0.25) is 0 Å². The third-order valence-electron chi connectivity index (χ3n) is 6.39. The van der Waals surface area contributed by atoms with Crippen molar-refractivity contribution in [3.05, 3.63) is 31.3 Å². The Balaban J connectivity index is 2.70. The number of aliphatic hydroxyl groups excluding tert-OH is 1. The number of rotatable bonds is 12. The molecule has 246 valence electrons. The lowest BCUT2D eigenvalue weighted by atomic mass is 9.84. The van der Waals surface area contributed by atoms with Crippen LogP contribution in [0.5, 0.6) is 0 Å². The molecule has 1 saturated carbocycles. The van der Waals surface area contributed by atoms with E-state index < -0.39 is 104 Å². The first-order valence-electron chi connectivity index (χ1n) is 13.2. The van der Waals surface area contributed by atoms with E-state index >= 15 is 0 Å². The van der Waals surface area contributed by atoms with Crippen LogP contribution in [0.1, 0.15) is 41.0 Å². The number of hydrogen-bond acceptors (Lipinski definition) is 16. The minimum Gasteiger partial charge on any atom is -0.462 e. The molecule has 11 atom stereocenters. The average molecular weight is 642 g/mol. The number of carbonyl (C=O) groups excluding carboxylic acids is 5. The first kappa shape index (κ1) is 36.4. The maximum Gasteiger partial charge on any atom is 0.303 e. The summed E-state index contributed by atoms with van der Waals surface area (Å²) in [6.07, 6.45) is -13.7. The molecule has 22 heteroatoms. The molecule has 0 bridgehead atoms. The summed E-state index contributed by atoms with van der Waals surface area (Å²) in [6, 6.07) is -4.21. The zero-order valence-corrected chi connectivity index (χ0v) is 24.6. The van der Waals surface area contributed by atoms with Gasteiger partial charge in [0.1, 0.15) is 31.0 Å². The lowest BCUT2D eigenvalue weighted by Crippen LogP contribution is -2.66. The van der Waals surface area contributed by atoms with Crippen molar-refractivity contribution in [1.29, 1.82) is 0 Å². The van der Waals surface area contributed by atoms with Gasteiger partial charge in [-0.2, -0.15) is 0 Å². The number of carbonyl (C=O) groups is 5. The molecule has 22 nitrogen and oxygen atoms in total. The number of ether oxygens (including phenoxy) is 7. The van der Waals surface area contributed by atoms with Crippen molar-refractivity contribution in [3.63, 3.8) is 0 Å². The van der Waals surface area contributed by atoms with E-state index in [1.165, 1.54) is 0 Å². The van der Waals surface area contributed by atoms with Gasteiger partial charge >= 0.3 is 29.8 Å². The highest BCUT2D eigenvalue weighted by Crippen LogP contribution is 2.36. The molecule has 1 N–H and O–H groups in total. The molecule has 1 aliphatic carbocycles. The van der Waals surface area contributed by atoms with E-state index in [2.05, 4.69) is 30.1 Å². The van der Waals surface area contributed by atoms with Crippen molar-refractivity contribution in [3.8, 4) is 0 Å². The highest BCUT2D eigenvalue weighted by molar-refractivity contribution is 5.68. The van der Waals surface area contributed by atoms with E-state index in [1.807, 2.05) is 0 Å². The highest BCUT2D eigenvalue weighted by atomic mass is 16.7. The standard InChI is InChI=1S/C23H31N9O13/c1-8(33)39-7-15(40-9(2)34)20-22(43-12(5)37)21(42-11(4)36)16(29-32-26)23(45-20)44-19-14(28-31-25)6-13(27-30-24)18(17(19)38)41-10(3)35/h13-23,38H,6-7H2,1-5H3/t13-,14+,15-,16-,17-,18+,19-,20-,21-,22-,23+/m1/s1. The molecule has 0 unspecified atom stereocenters. The van der Waals surface area contributed by atoms with Gasteiger partial charge in [-0.25, -0.2) is 0 Å². The smallest absolute Gasteiger partial charge is 0.303 e. The third-order valence-corrected chi connectivity index (χ3v) is 6.39. The van der Waals surface area contributed by atoms with Crippen molar-refractivity contribution < 1.29 is 62.2 Å². The maximum absolute atomic E-state index is 12.2. The summed E-state index contributed by atoms with van der Waals surface area (Å²) in [5, 5.41) is 21.9. The van der Waals surface area contributed by atoms with Crippen molar-refractivity contribution in [2.75, 3.05) is 6.61 Å². The Bertz CT molecular complexity index is 1280. The molecule has 2 fully saturated rings. The van der Waals surface area contributed by atoms with Gasteiger partial charge in [0.15, 0.2) is 24.6 Å². The van der Waals surface area contributed by atoms with E-state index in [-0.39, 0.29) is 6.42 Å². The monoisotopic (exact) mass is 641 g/mol. The van der Waals surface area contributed by atoms with Gasteiger partial charge < -0.3 is 38.3 Å². The Morgan fingerprint density at radius 1 is 0.756 bits per heavy atom. The quantitative estimate of drug-likeness (QED) is 0.103. The van der Waals surface area contributed by atoms with Crippen molar-refractivity contribution in [2.24, 2.45) is 15.3 Å². The molecular formula is C23H31N9O13. The number of aliphatic hydroxyl groups is 1. The zero-order valence-electron chi connectivity index (χ0n) is 24.6. The predicted molar refractivity (Wildman–Crippen MR) is 142 cm³/mol. The molecule has 0 aromatic heterocycles. The van der Waals surface area contributed by atoms with Gasteiger partial charge in [0.25, 0.3) is 0 Å². The predicted octanol–water partition coefficient (Wildman–Crippen LogP) is 1.19. The third kappa shape index (κ3) is 10.1. The lowest BCUT2D eigenvalue weighted by molar-refractivity contribution is -0.308. The number of esters is 5. The summed E-state index contributed by atoms with van der Waals surface area (Å²) < 4.78 is 38.1. The number of nitrogens with zero attached hydrogens (tertiary/aromatic N) is 9. The van der Waals surface area contributed by atoms with E-state index in [0.29, 0.717) is 0 Å². The molecule has 1 aliphatic heterocycles. The Labute approximate surface area is 254 Å². The van der Waals surface area contributed by atoms with Gasteiger partial charge in [-0.05, 0) is 23.0 Å². The highest BCUT2D eigenvalue weighted by Gasteiger charge is 2.56. The van der Waals surface area contributed by atoms with Crippen LogP contribution < -0.4 is 0 Å². The van der Waals surface area contributed by atoms with Gasteiger partial charge in [-0.1, -0.05) is 15.3 Å². The maximum atomic E-state index is 12.2. The fourth-order valence-corrected chi connectivity index (χ4v) is 4.89. The second-order valence-electron chi connectivity index (χ2n) is 9.71. The molecule has 45 heavy (non-hydrogen) atoms. The van der Waals surface area contributed by atoms with E-state index in [1.54, 1.807) is 0 Å². The Morgan fingerprint density at radius 2 is 1.27 bits per heavy atom. The Kier molecular flexibility index (Phi) is 13.6. The van der Waals surface area contributed by atoms with Crippen LogP contribution >= 0.6 is 0 Å². The fourth-order valence-electron chi connectivity index (χ4n) is 4.89. The lowest BCUT2D eigenvalue weighted by Gasteiger charge is -2.48. The van der Waals surface area contributed by atoms with Crippen molar-refractivity contribution in [1.82, 2.24) is 0 Å². The zero-order chi connectivity index (χ0) is 33.8. The van der Waals surface area contributed by atoms with Crippen molar-refractivity contribution in [2.45, 2.75) is 108 Å². The molecular weight excluding hydrogens is 610 g/mol. The molecule has 0 spiro atoms. The summed E-state index contributed by atoms with van der Waals surface area (Å²) in [7, 11) is 0. The number of azide groups is 3. The van der Waals surface area contributed by atoms with Crippen LogP contribution in [0.3, 0.4) is 0 Å². The van der Waals surface area contributed by atoms with Gasteiger partial charge in [-0.15, -0.1) is 0 Å². The molecule has 2 rings (SSSR count). The van der Waals surface area contributed by atoms with Crippen LogP contribution in [-0.4, -0.2) is 109 Å². The summed E-state index contributed by atoms with van der Waals surface area (Å²) >= 11 is 0. The molecule has 0 amide bonds. The minimum atomic E-state index is -1.86. The fraction of sp³-hybridized carbons (Fsp3) is 0.783. The first-order chi connectivity index (χ1) is 21.2. The van der Waals surface area contributed by atoms with Gasteiger partial charge in [0, 0.05) is 49.4 Å². The van der Waals surface area contributed by atoms with Gasteiger partial charge in [0.05, 0.1) is 18.2 Å². The summed E-state index contributed by atoms with van der Waals surface area (Å²) in [5.41, 5.74) is 27.6. The summed E-state index contributed by atoms with van der Waals surface area (Å²) in [4.78, 5) is 67.8. The Hall–Kier alpha value is -4.84. The van der Waals surface area contributed by atoms with Crippen LogP contribution in [0, 0.1) is 0 Å². The summed E-state index contributed by atoms with van der Waals surface area (Å²) in [6.45, 7) is 4.44. The van der Waals surface area contributed by atoms with Crippen LogP contribution in [0.25, 0.3) is 31.3 Å². The van der Waals surface area contributed by atoms with Gasteiger partial charge in [-0.3, -0.25) is 24.0 Å². The second-order valence-corrected chi connectivity index (χ2v) is 9.71. The molecule has 0 aromatic rings. The van der Waals surface area contributed by atoms with Crippen molar-refractivity contribution >= 4 is 29.8 Å². The molecule has 1 heterocycles. The van der Waals surface area contributed by atoms with Crippen LogP contribution in [0.15, 0.2) is 15.3 Å². The SMILES string of the molecule is CC(=O)OC[C@@H](OC(C)=O)[C@H]1O[C@H](O[C@H]2[C@H](O)[C@@H](OC(C)=O)[C@H](N=[N+]=[N-])C[C@@H]2N=[N+]=[N-])[C@H](N=[N+]=[N-])[C@@H](OC(C)=O)[C@@H]1OC(C)=O. The van der Waals surface area contributed by atoms with E-state index in [0.717, 1.165) is 34.6 Å². The van der Waals surface area contributed by atoms with Crippen LogP contribution in [-0.2, 0) is 57.1 Å². The van der Waals surface area contributed by atoms with E-state index in [4.69, 9.17) is 38.7 Å². The van der Waals surface area contributed by atoms with E-state index in [9.17, 15) is 40.1 Å². The molecule has 0 aromatic carbocycles. The molecule has 0 radical (unpaired) electrons. The normalized spacial score (nSPS) is 31.2. The second kappa shape index (κ2) is 16.9. The molecule has 2 aliphatic rings. The topological polar surface area (TPSA) is 316 Å². The van der Waals surface area contributed by atoms with Crippen LogP contribution in [0.2, 0.25) is 0 Å². The number of hydrogen-bond donors (Lipinski definition) is 1. The summed E-state index contributed by atoms with van der Waals surface area (Å²) in [5.74, 6) is -4.44. The average Bonchev–Trinajstić information content (AvgIpc) is 2.93.